The van der Waals surface area contributed by atoms with Crippen LogP contribution in [0.4, 0.5) is 9.18 Å². The standard InChI is InChI=1S/C23H26FN3O3/c1-15-8-6-10-17(21(15)24)18(12-16-9-7-11-20(26-16)29-5)19-13-27(14-25-19)22(28)30-23(2,3)4/h6-11,13-14,18H,12H2,1-5H3/t18-/m1/s1. The lowest BCUT2D eigenvalue weighted by Crippen LogP contribution is -2.26. The second-order valence-corrected chi connectivity index (χ2v) is 8.09. The van der Waals surface area contributed by atoms with Crippen molar-refractivity contribution < 1.29 is 18.7 Å². The third kappa shape index (κ3) is 5.03. The molecule has 2 heterocycles. The lowest BCUT2D eigenvalue weighted by Gasteiger charge is -2.19. The minimum Gasteiger partial charge on any atom is -0.481 e. The van der Waals surface area contributed by atoms with Crippen LogP contribution in [0.3, 0.4) is 0 Å². The molecule has 3 aromatic rings. The number of hydrogen-bond acceptors (Lipinski definition) is 5. The number of aromatic nitrogens is 3. The molecule has 0 fully saturated rings. The van der Waals surface area contributed by atoms with Crippen LogP contribution >= 0.6 is 0 Å². The number of carbonyl (C=O) groups excluding carboxylic acids is 1. The normalized spacial score (nSPS) is 12.5. The molecule has 0 saturated heterocycles. The van der Waals surface area contributed by atoms with E-state index in [0.29, 0.717) is 29.1 Å². The minimum atomic E-state index is -0.631. The van der Waals surface area contributed by atoms with Crippen molar-refractivity contribution in [3.63, 3.8) is 0 Å². The van der Waals surface area contributed by atoms with E-state index in [1.807, 2.05) is 18.2 Å². The van der Waals surface area contributed by atoms with Gasteiger partial charge in [0.15, 0.2) is 0 Å². The average Bonchev–Trinajstić information content (AvgIpc) is 3.18. The molecule has 1 aromatic carbocycles. The van der Waals surface area contributed by atoms with E-state index in [1.165, 1.54) is 10.9 Å². The van der Waals surface area contributed by atoms with Crippen molar-refractivity contribution in [2.24, 2.45) is 0 Å². The molecule has 0 N–H and O–H groups in total. The van der Waals surface area contributed by atoms with Gasteiger partial charge in [-0.3, -0.25) is 0 Å². The first-order valence-electron chi connectivity index (χ1n) is 9.70. The molecule has 0 spiro atoms. The first-order chi connectivity index (χ1) is 14.2. The Hall–Kier alpha value is -3.22. The number of nitrogens with zero attached hydrogens (tertiary/aromatic N) is 3. The smallest absolute Gasteiger partial charge is 0.419 e. The number of carbonyl (C=O) groups is 1. The van der Waals surface area contributed by atoms with E-state index in [4.69, 9.17) is 9.47 Å². The van der Waals surface area contributed by atoms with Crippen LogP contribution in [0.15, 0.2) is 48.9 Å². The molecule has 7 heteroatoms. The SMILES string of the molecule is COc1cccc(C[C@@H](c2cn(C(=O)OC(C)(C)C)cn2)c2cccc(C)c2F)n1. The molecular formula is C23H26FN3O3. The van der Waals surface area contributed by atoms with Crippen LogP contribution in [-0.2, 0) is 11.2 Å². The number of pyridine rings is 1. The molecule has 0 amide bonds. The van der Waals surface area contributed by atoms with E-state index in [-0.39, 0.29) is 5.82 Å². The number of benzene rings is 1. The lowest BCUT2D eigenvalue weighted by molar-refractivity contribution is 0.0536. The highest BCUT2D eigenvalue weighted by molar-refractivity contribution is 5.70. The second-order valence-electron chi connectivity index (χ2n) is 8.09. The van der Waals surface area contributed by atoms with Gasteiger partial charge in [0.1, 0.15) is 17.7 Å². The molecule has 158 valence electrons. The topological polar surface area (TPSA) is 66.2 Å². The summed E-state index contributed by atoms with van der Waals surface area (Å²) >= 11 is 0. The van der Waals surface area contributed by atoms with Crippen LogP contribution in [0.1, 0.15) is 49.2 Å². The molecule has 0 bridgehead atoms. The van der Waals surface area contributed by atoms with Gasteiger partial charge in [0.2, 0.25) is 5.88 Å². The highest BCUT2D eigenvalue weighted by atomic mass is 19.1. The van der Waals surface area contributed by atoms with Crippen molar-refractivity contribution in [1.29, 1.82) is 0 Å². The number of aryl methyl sites for hydroxylation is 1. The van der Waals surface area contributed by atoms with Gasteiger partial charge in [-0.2, -0.15) is 0 Å². The molecule has 0 aliphatic carbocycles. The molecule has 0 saturated carbocycles. The minimum absolute atomic E-state index is 0.294. The molecule has 2 aromatic heterocycles. The quantitative estimate of drug-likeness (QED) is 0.598. The third-order valence-corrected chi connectivity index (χ3v) is 4.56. The second kappa shape index (κ2) is 8.65. The van der Waals surface area contributed by atoms with E-state index in [0.717, 1.165) is 5.69 Å². The van der Waals surface area contributed by atoms with Crippen LogP contribution in [0.25, 0.3) is 0 Å². The van der Waals surface area contributed by atoms with Gasteiger partial charge in [0, 0.05) is 30.3 Å². The van der Waals surface area contributed by atoms with Crippen molar-refractivity contribution in [1.82, 2.24) is 14.5 Å². The van der Waals surface area contributed by atoms with E-state index >= 15 is 4.39 Å². The molecule has 0 aliphatic rings. The highest BCUT2D eigenvalue weighted by Crippen LogP contribution is 2.30. The maximum absolute atomic E-state index is 15.0. The Kier molecular flexibility index (Phi) is 6.20. The molecular weight excluding hydrogens is 385 g/mol. The molecule has 30 heavy (non-hydrogen) atoms. The third-order valence-electron chi connectivity index (χ3n) is 4.56. The Morgan fingerprint density at radius 3 is 2.63 bits per heavy atom. The van der Waals surface area contributed by atoms with Crippen molar-refractivity contribution >= 4 is 6.09 Å². The highest BCUT2D eigenvalue weighted by Gasteiger charge is 2.25. The summed E-state index contributed by atoms with van der Waals surface area (Å²) in [5, 5.41) is 0. The Labute approximate surface area is 175 Å². The van der Waals surface area contributed by atoms with E-state index < -0.39 is 17.6 Å². The fraction of sp³-hybridized carbons (Fsp3) is 0.348. The first-order valence-corrected chi connectivity index (χ1v) is 9.70. The molecule has 0 radical (unpaired) electrons. The number of ether oxygens (including phenoxy) is 2. The molecule has 3 rings (SSSR count). The fourth-order valence-corrected chi connectivity index (χ4v) is 3.14. The summed E-state index contributed by atoms with van der Waals surface area (Å²) in [6.45, 7) is 7.10. The van der Waals surface area contributed by atoms with Gasteiger partial charge in [-0.15, -0.1) is 0 Å². The molecule has 0 aliphatic heterocycles. The molecule has 0 unspecified atom stereocenters. The lowest BCUT2D eigenvalue weighted by atomic mass is 9.90. The first kappa shape index (κ1) is 21.5. The van der Waals surface area contributed by atoms with Crippen molar-refractivity contribution in [2.45, 2.75) is 45.6 Å². The van der Waals surface area contributed by atoms with Gasteiger partial charge in [-0.25, -0.2) is 23.7 Å². The summed E-state index contributed by atoms with van der Waals surface area (Å²) in [6, 6.07) is 10.7. The van der Waals surface area contributed by atoms with Gasteiger partial charge in [0.25, 0.3) is 0 Å². The number of methoxy groups -OCH3 is 1. The summed E-state index contributed by atoms with van der Waals surface area (Å²) in [6.07, 6.45) is 2.83. The van der Waals surface area contributed by atoms with Gasteiger partial charge in [-0.1, -0.05) is 24.3 Å². The predicted octanol–water partition coefficient (Wildman–Crippen LogP) is 4.89. The zero-order chi connectivity index (χ0) is 21.9. The van der Waals surface area contributed by atoms with E-state index in [2.05, 4.69) is 9.97 Å². The molecule has 1 atom stereocenters. The number of imidazole rings is 1. The zero-order valence-corrected chi connectivity index (χ0v) is 17.8. The largest absolute Gasteiger partial charge is 0.481 e. The summed E-state index contributed by atoms with van der Waals surface area (Å²) < 4.78 is 26.9. The fourth-order valence-electron chi connectivity index (χ4n) is 3.14. The summed E-state index contributed by atoms with van der Waals surface area (Å²) in [5.41, 5.74) is 1.69. The van der Waals surface area contributed by atoms with Crippen molar-refractivity contribution in [3.8, 4) is 5.88 Å². The summed E-state index contributed by atoms with van der Waals surface area (Å²) in [7, 11) is 1.55. The number of halogens is 1. The number of hydrogen-bond donors (Lipinski definition) is 0. The Balaban J connectivity index is 2.00. The van der Waals surface area contributed by atoms with Crippen LogP contribution < -0.4 is 4.74 Å². The summed E-state index contributed by atoms with van der Waals surface area (Å²) in [4.78, 5) is 21.2. The molecule has 6 nitrogen and oxygen atoms in total. The van der Waals surface area contributed by atoms with E-state index in [9.17, 15) is 4.79 Å². The van der Waals surface area contributed by atoms with Gasteiger partial charge in [0.05, 0.1) is 12.8 Å². The Bertz CT molecular complexity index is 1040. The zero-order valence-electron chi connectivity index (χ0n) is 17.8. The predicted molar refractivity (Wildman–Crippen MR) is 111 cm³/mol. The van der Waals surface area contributed by atoms with Crippen LogP contribution in [0.2, 0.25) is 0 Å². The van der Waals surface area contributed by atoms with Gasteiger partial charge < -0.3 is 9.47 Å². The van der Waals surface area contributed by atoms with Crippen LogP contribution in [0.5, 0.6) is 5.88 Å². The summed E-state index contributed by atoms with van der Waals surface area (Å²) in [5.74, 6) is -0.249. The monoisotopic (exact) mass is 411 g/mol. The van der Waals surface area contributed by atoms with Crippen LogP contribution in [-0.4, -0.2) is 33.3 Å². The average molecular weight is 411 g/mol. The van der Waals surface area contributed by atoms with Gasteiger partial charge in [-0.05, 0) is 44.9 Å². The Morgan fingerprint density at radius 2 is 1.93 bits per heavy atom. The van der Waals surface area contributed by atoms with E-state index in [1.54, 1.807) is 59.2 Å². The Morgan fingerprint density at radius 1 is 1.20 bits per heavy atom. The van der Waals surface area contributed by atoms with Crippen molar-refractivity contribution in [3.05, 3.63) is 77.3 Å². The maximum atomic E-state index is 15.0. The van der Waals surface area contributed by atoms with Gasteiger partial charge >= 0.3 is 6.09 Å². The number of rotatable bonds is 5. The van der Waals surface area contributed by atoms with Crippen LogP contribution in [0, 0.1) is 12.7 Å². The van der Waals surface area contributed by atoms with Crippen molar-refractivity contribution in [2.75, 3.05) is 7.11 Å². The maximum Gasteiger partial charge on any atom is 0.419 e.